The zero-order valence-electron chi connectivity index (χ0n) is 11.2. The second-order valence-electron chi connectivity index (χ2n) is 4.31. The molecule has 0 aliphatic carbocycles. The SMILES string of the molecule is CN(C(=O)NCc1ccc(C(=O)O)o1)c1ccc(O)cc1. The van der Waals surface area contributed by atoms with Crippen LogP contribution in [0.1, 0.15) is 16.3 Å². The molecule has 2 rings (SSSR count). The number of hydrogen-bond donors (Lipinski definition) is 3. The predicted molar refractivity (Wildman–Crippen MR) is 74.4 cm³/mol. The Morgan fingerprint density at radius 3 is 2.43 bits per heavy atom. The van der Waals surface area contributed by atoms with E-state index in [1.54, 1.807) is 19.2 Å². The molecule has 0 saturated heterocycles. The van der Waals surface area contributed by atoms with Gasteiger partial charge in [0, 0.05) is 12.7 Å². The van der Waals surface area contributed by atoms with Gasteiger partial charge in [-0.1, -0.05) is 0 Å². The minimum absolute atomic E-state index is 0.0779. The Balaban J connectivity index is 1.94. The number of phenolic OH excluding ortho intramolecular Hbond substituents is 1. The van der Waals surface area contributed by atoms with E-state index in [0.717, 1.165) is 0 Å². The summed E-state index contributed by atoms with van der Waals surface area (Å²) in [5.74, 6) is -0.871. The van der Waals surface area contributed by atoms with Crippen molar-refractivity contribution in [3.05, 3.63) is 47.9 Å². The fraction of sp³-hybridized carbons (Fsp3) is 0.143. The molecule has 110 valence electrons. The third kappa shape index (κ3) is 3.53. The van der Waals surface area contributed by atoms with Gasteiger partial charge in [-0.2, -0.15) is 0 Å². The second kappa shape index (κ2) is 6.00. The van der Waals surface area contributed by atoms with Crippen LogP contribution in [0.5, 0.6) is 5.75 Å². The van der Waals surface area contributed by atoms with Gasteiger partial charge in [0.2, 0.25) is 5.76 Å². The highest BCUT2D eigenvalue weighted by molar-refractivity contribution is 5.91. The van der Waals surface area contributed by atoms with Crippen molar-refractivity contribution >= 4 is 17.7 Å². The Bertz CT molecular complexity index is 648. The third-order valence-corrected chi connectivity index (χ3v) is 2.83. The molecule has 0 fully saturated rings. The summed E-state index contributed by atoms with van der Waals surface area (Å²) >= 11 is 0. The molecule has 7 heteroatoms. The summed E-state index contributed by atoms with van der Waals surface area (Å²) in [4.78, 5) is 24.0. The first-order valence-electron chi connectivity index (χ1n) is 6.10. The minimum atomic E-state index is -1.16. The molecule has 0 saturated carbocycles. The molecule has 0 bridgehead atoms. The van der Waals surface area contributed by atoms with Crippen LogP contribution in [0.25, 0.3) is 0 Å². The molecular weight excluding hydrogens is 276 g/mol. The zero-order valence-corrected chi connectivity index (χ0v) is 11.2. The molecule has 0 radical (unpaired) electrons. The lowest BCUT2D eigenvalue weighted by Gasteiger charge is -2.17. The number of phenols is 1. The number of urea groups is 1. The predicted octanol–water partition coefficient (Wildman–Crippen LogP) is 2.03. The molecule has 1 aromatic heterocycles. The number of rotatable bonds is 4. The van der Waals surface area contributed by atoms with Crippen LogP contribution >= 0.6 is 0 Å². The van der Waals surface area contributed by atoms with Gasteiger partial charge in [-0.25, -0.2) is 9.59 Å². The number of hydrogen-bond acceptors (Lipinski definition) is 4. The third-order valence-electron chi connectivity index (χ3n) is 2.83. The Labute approximate surface area is 120 Å². The number of carboxylic acid groups (broad SMARTS) is 1. The van der Waals surface area contributed by atoms with Gasteiger partial charge in [-0.3, -0.25) is 4.90 Å². The standard InChI is InChI=1S/C14H14N2O5/c1-16(9-2-4-10(17)5-3-9)14(20)15-8-11-6-7-12(21-11)13(18)19/h2-7,17H,8H2,1H3,(H,15,20)(H,18,19). The van der Waals surface area contributed by atoms with Gasteiger partial charge in [-0.05, 0) is 36.4 Å². The summed E-state index contributed by atoms with van der Waals surface area (Å²) in [5, 5.41) is 20.5. The van der Waals surface area contributed by atoms with Gasteiger partial charge in [0.15, 0.2) is 0 Å². The van der Waals surface area contributed by atoms with Crippen LogP contribution in [0.3, 0.4) is 0 Å². The highest BCUT2D eigenvalue weighted by Crippen LogP contribution is 2.17. The fourth-order valence-corrected chi connectivity index (χ4v) is 1.66. The number of carboxylic acids is 1. The molecule has 0 atom stereocenters. The summed E-state index contributed by atoms with van der Waals surface area (Å²) in [7, 11) is 1.58. The van der Waals surface area contributed by atoms with Crippen LogP contribution in [-0.4, -0.2) is 29.3 Å². The molecule has 1 heterocycles. The Morgan fingerprint density at radius 2 is 1.86 bits per heavy atom. The van der Waals surface area contributed by atoms with E-state index in [0.29, 0.717) is 11.4 Å². The lowest BCUT2D eigenvalue weighted by atomic mass is 10.3. The molecule has 21 heavy (non-hydrogen) atoms. The largest absolute Gasteiger partial charge is 0.508 e. The van der Waals surface area contributed by atoms with E-state index in [-0.39, 0.29) is 24.1 Å². The smallest absolute Gasteiger partial charge is 0.371 e. The lowest BCUT2D eigenvalue weighted by molar-refractivity contribution is 0.0660. The zero-order chi connectivity index (χ0) is 15.4. The van der Waals surface area contributed by atoms with Crippen molar-refractivity contribution in [2.45, 2.75) is 6.54 Å². The van der Waals surface area contributed by atoms with Crippen LogP contribution in [0.4, 0.5) is 10.5 Å². The molecular formula is C14H14N2O5. The number of aromatic carboxylic acids is 1. The molecule has 1 aromatic carbocycles. The number of furan rings is 1. The maximum absolute atomic E-state index is 11.9. The summed E-state index contributed by atoms with van der Waals surface area (Å²) in [6.07, 6.45) is 0. The number of carbonyl (C=O) groups is 2. The summed E-state index contributed by atoms with van der Waals surface area (Å²) in [6.45, 7) is 0.0779. The average Bonchev–Trinajstić information content (AvgIpc) is 2.94. The van der Waals surface area contributed by atoms with Crippen molar-refractivity contribution in [1.82, 2.24) is 5.32 Å². The number of amides is 2. The number of nitrogens with zero attached hydrogens (tertiary/aromatic N) is 1. The van der Waals surface area contributed by atoms with Crippen molar-refractivity contribution in [3.8, 4) is 5.75 Å². The molecule has 7 nitrogen and oxygen atoms in total. The van der Waals surface area contributed by atoms with Crippen molar-refractivity contribution in [1.29, 1.82) is 0 Å². The summed E-state index contributed by atoms with van der Waals surface area (Å²) in [6, 6.07) is 8.59. The maximum Gasteiger partial charge on any atom is 0.371 e. The lowest BCUT2D eigenvalue weighted by Crippen LogP contribution is -2.36. The summed E-state index contributed by atoms with van der Waals surface area (Å²) in [5.41, 5.74) is 0.607. The number of anilines is 1. The normalized spacial score (nSPS) is 10.1. The van der Waals surface area contributed by atoms with Crippen molar-refractivity contribution in [2.75, 3.05) is 11.9 Å². The van der Waals surface area contributed by atoms with Gasteiger partial charge in [-0.15, -0.1) is 0 Å². The van der Waals surface area contributed by atoms with Crippen molar-refractivity contribution in [2.24, 2.45) is 0 Å². The van der Waals surface area contributed by atoms with Crippen LogP contribution < -0.4 is 10.2 Å². The van der Waals surface area contributed by atoms with E-state index >= 15 is 0 Å². The number of benzene rings is 1. The van der Waals surface area contributed by atoms with Gasteiger partial charge < -0.3 is 19.9 Å². The number of carbonyl (C=O) groups excluding carboxylic acids is 1. The van der Waals surface area contributed by atoms with E-state index < -0.39 is 5.97 Å². The van der Waals surface area contributed by atoms with E-state index in [2.05, 4.69) is 5.32 Å². The van der Waals surface area contributed by atoms with E-state index in [1.807, 2.05) is 0 Å². The average molecular weight is 290 g/mol. The van der Waals surface area contributed by atoms with Gasteiger partial charge >= 0.3 is 12.0 Å². The quantitative estimate of drug-likeness (QED) is 0.799. The van der Waals surface area contributed by atoms with E-state index in [4.69, 9.17) is 9.52 Å². The highest BCUT2D eigenvalue weighted by Gasteiger charge is 2.13. The Hall–Kier alpha value is -2.96. The molecule has 0 aliphatic heterocycles. The van der Waals surface area contributed by atoms with Crippen LogP contribution in [0.2, 0.25) is 0 Å². The monoisotopic (exact) mass is 290 g/mol. The molecule has 0 aliphatic rings. The summed E-state index contributed by atoms with van der Waals surface area (Å²) < 4.78 is 5.03. The number of aromatic hydroxyl groups is 1. The molecule has 2 aromatic rings. The molecule has 3 N–H and O–H groups in total. The molecule has 0 spiro atoms. The maximum atomic E-state index is 11.9. The van der Waals surface area contributed by atoms with Gasteiger partial charge in [0.25, 0.3) is 0 Å². The second-order valence-corrected chi connectivity index (χ2v) is 4.31. The minimum Gasteiger partial charge on any atom is -0.508 e. The van der Waals surface area contributed by atoms with E-state index in [1.165, 1.54) is 29.2 Å². The molecule has 0 unspecified atom stereocenters. The van der Waals surface area contributed by atoms with Crippen molar-refractivity contribution in [3.63, 3.8) is 0 Å². The van der Waals surface area contributed by atoms with Crippen LogP contribution in [0.15, 0.2) is 40.8 Å². The topological polar surface area (TPSA) is 103 Å². The fourth-order valence-electron chi connectivity index (χ4n) is 1.66. The Kier molecular flexibility index (Phi) is 4.13. The van der Waals surface area contributed by atoms with Crippen LogP contribution in [-0.2, 0) is 6.54 Å². The first-order chi connectivity index (χ1) is 9.97. The first kappa shape index (κ1) is 14.4. The number of nitrogens with one attached hydrogen (secondary N) is 1. The van der Waals surface area contributed by atoms with Gasteiger partial charge in [0.1, 0.15) is 11.5 Å². The van der Waals surface area contributed by atoms with Crippen molar-refractivity contribution < 1.29 is 24.2 Å². The Morgan fingerprint density at radius 1 is 1.19 bits per heavy atom. The van der Waals surface area contributed by atoms with E-state index in [9.17, 15) is 14.7 Å². The highest BCUT2D eigenvalue weighted by atomic mass is 16.4. The van der Waals surface area contributed by atoms with Gasteiger partial charge in [0.05, 0.1) is 6.54 Å². The van der Waals surface area contributed by atoms with Crippen LogP contribution in [0, 0.1) is 0 Å². The molecule has 2 amide bonds. The first-order valence-corrected chi connectivity index (χ1v) is 6.10.